The van der Waals surface area contributed by atoms with E-state index < -0.39 is 0 Å². The van der Waals surface area contributed by atoms with Crippen molar-refractivity contribution >= 4 is 28.8 Å². The number of nitrogens with two attached hydrogens (primary N) is 1. The number of fused-ring (bicyclic) bond motifs is 2. The Kier molecular flexibility index (Phi) is 2.99. The first kappa shape index (κ1) is 14.3. The van der Waals surface area contributed by atoms with Crippen molar-refractivity contribution in [1.82, 2.24) is 14.6 Å². The number of benzene rings is 2. The van der Waals surface area contributed by atoms with Crippen LogP contribution in [0.25, 0.3) is 16.8 Å². The molecule has 0 aliphatic carbocycles. The van der Waals surface area contributed by atoms with E-state index in [1.165, 1.54) is 0 Å². The maximum Gasteiger partial charge on any atom is 0.238 e. The molecule has 5 nitrogen and oxygen atoms in total. The minimum atomic E-state index is -0.0307. The van der Waals surface area contributed by atoms with Crippen LogP contribution in [0.15, 0.2) is 60.8 Å². The van der Waals surface area contributed by atoms with Crippen LogP contribution in [-0.2, 0) is 0 Å². The molecule has 25 heavy (non-hydrogen) atoms. The second kappa shape index (κ2) is 5.22. The van der Waals surface area contributed by atoms with Gasteiger partial charge in [0.2, 0.25) is 5.95 Å². The highest BCUT2D eigenvalue weighted by molar-refractivity contribution is 6.30. The normalized spacial score (nSPS) is 15.5. The van der Waals surface area contributed by atoms with E-state index in [2.05, 4.69) is 27.5 Å². The van der Waals surface area contributed by atoms with E-state index in [0.717, 1.165) is 38.6 Å². The van der Waals surface area contributed by atoms with Crippen LogP contribution in [0.1, 0.15) is 17.2 Å². The topological polar surface area (TPSA) is 68.2 Å². The number of nitrogens with one attached hydrogen (secondary N) is 1. The third kappa shape index (κ3) is 2.16. The highest BCUT2D eigenvalue weighted by Crippen LogP contribution is 2.41. The summed E-state index contributed by atoms with van der Waals surface area (Å²) in [5.74, 6) is 0.254. The smallest absolute Gasteiger partial charge is 0.238 e. The third-order valence-electron chi connectivity index (χ3n) is 4.56. The zero-order valence-electron chi connectivity index (χ0n) is 13.1. The lowest BCUT2D eigenvalue weighted by Gasteiger charge is -2.19. The van der Waals surface area contributed by atoms with Crippen molar-refractivity contribution < 1.29 is 0 Å². The molecule has 122 valence electrons. The van der Waals surface area contributed by atoms with Gasteiger partial charge >= 0.3 is 0 Å². The molecule has 1 atom stereocenters. The fourth-order valence-electron chi connectivity index (χ4n) is 3.45. The van der Waals surface area contributed by atoms with Crippen molar-refractivity contribution in [1.29, 1.82) is 0 Å². The molecule has 0 spiro atoms. The lowest BCUT2D eigenvalue weighted by Crippen LogP contribution is -2.11. The van der Waals surface area contributed by atoms with Gasteiger partial charge in [0.15, 0.2) is 0 Å². The third-order valence-corrected chi connectivity index (χ3v) is 4.81. The summed E-state index contributed by atoms with van der Waals surface area (Å²) in [6.45, 7) is 0. The molecular formula is C19H14ClN5. The van der Waals surface area contributed by atoms with E-state index in [-0.39, 0.29) is 12.0 Å². The molecule has 1 unspecified atom stereocenters. The average molecular weight is 348 g/mol. The van der Waals surface area contributed by atoms with Crippen molar-refractivity contribution in [3.05, 3.63) is 76.9 Å². The van der Waals surface area contributed by atoms with Crippen LogP contribution in [0.5, 0.6) is 0 Å². The monoisotopic (exact) mass is 347 g/mol. The van der Waals surface area contributed by atoms with Crippen LogP contribution in [-0.4, -0.2) is 14.6 Å². The Morgan fingerprint density at radius 1 is 1.04 bits per heavy atom. The van der Waals surface area contributed by atoms with Gasteiger partial charge in [0.25, 0.3) is 0 Å². The van der Waals surface area contributed by atoms with E-state index in [1.807, 2.05) is 48.7 Å². The number of para-hydroxylation sites is 1. The van der Waals surface area contributed by atoms with Gasteiger partial charge in [-0.2, -0.15) is 0 Å². The lowest BCUT2D eigenvalue weighted by molar-refractivity contribution is 0.911. The second-order valence-electron chi connectivity index (χ2n) is 6.06. The van der Waals surface area contributed by atoms with Crippen molar-refractivity contribution in [3.63, 3.8) is 0 Å². The molecular weight excluding hydrogens is 334 g/mol. The number of rotatable bonds is 1. The number of aromatic nitrogens is 3. The lowest BCUT2D eigenvalue weighted by atomic mass is 10.00. The average Bonchev–Trinajstić information content (AvgIpc) is 2.97. The fraction of sp³-hybridized carbons (Fsp3) is 0.0526. The molecule has 2 aromatic heterocycles. The molecule has 0 saturated carbocycles. The van der Waals surface area contributed by atoms with Crippen LogP contribution in [0.3, 0.4) is 0 Å². The van der Waals surface area contributed by atoms with Gasteiger partial charge in [-0.3, -0.25) is 0 Å². The first-order chi connectivity index (χ1) is 12.2. The molecule has 0 saturated heterocycles. The molecule has 5 rings (SSSR count). The first-order valence-corrected chi connectivity index (χ1v) is 8.34. The predicted molar refractivity (Wildman–Crippen MR) is 99.8 cm³/mol. The highest BCUT2D eigenvalue weighted by atomic mass is 35.5. The molecule has 1 aliphatic heterocycles. The molecule has 6 heteroatoms. The summed E-state index contributed by atoms with van der Waals surface area (Å²) in [6.07, 6.45) is 1.92. The predicted octanol–water partition coefficient (Wildman–Crippen LogP) is 4.15. The largest absolute Gasteiger partial charge is 0.374 e. The molecule has 4 aromatic rings. The maximum absolute atomic E-state index is 6.06. The van der Waals surface area contributed by atoms with Crippen molar-refractivity contribution in [2.45, 2.75) is 6.04 Å². The number of hydrogen-bond donors (Lipinski definition) is 2. The molecule has 0 fully saturated rings. The van der Waals surface area contributed by atoms with Gasteiger partial charge in [0.1, 0.15) is 5.69 Å². The molecule has 3 N–H and O–H groups in total. The van der Waals surface area contributed by atoms with E-state index in [1.54, 1.807) is 4.52 Å². The van der Waals surface area contributed by atoms with Crippen molar-refractivity contribution in [3.8, 4) is 11.3 Å². The summed E-state index contributed by atoms with van der Waals surface area (Å²) in [6, 6.07) is 18.0. The summed E-state index contributed by atoms with van der Waals surface area (Å²) in [5.41, 5.74) is 12.0. The Labute approximate surface area is 149 Å². The van der Waals surface area contributed by atoms with Gasteiger partial charge < -0.3 is 11.1 Å². The Bertz CT molecular complexity index is 1100. The standard InChI is InChI=1S/C19H14ClN5/c20-12-7-5-11(6-8-12)16-14-9-10-25-18(14)17(23-19(21)24-25)13-3-1-2-4-15(13)22-16/h1-10,16,22H,(H2,21,24). The summed E-state index contributed by atoms with van der Waals surface area (Å²) >= 11 is 6.06. The van der Waals surface area contributed by atoms with Crippen molar-refractivity contribution in [2.75, 3.05) is 11.1 Å². The van der Waals surface area contributed by atoms with Crippen LogP contribution >= 0.6 is 11.6 Å². The number of halogens is 1. The number of nitrogens with zero attached hydrogens (tertiary/aromatic N) is 3. The first-order valence-electron chi connectivity index (χ1n) is 7.97. The SMILES string of the molecule is Nc1nc2c3c(ccn3n1)C(c1ccc(Cl)cc1)Nc1ccccc1-2. The Balaban J connectivity index is 1.84. The van der Waals surface area contributed by atoms with Gasteiger partial charge in [-0.1, -0.05) is 41.9 Å². The zero-order valence-corrected chi connectivity index (χ0v) is 13.9. The fourth-order valence-corrected chi connectivity index (χ4v) is 3.58. The van der Waals surface area contributed by atoms with E-state index >= 15 is 0 Å². The maximum atomic E-state index is 6.06. The number of hydrogen-bond acceptors (Lipinski definition) is 4. The van der Waals surface area contributed by atoms with Gasteiger partial charge in [-0.25, -0.2) is 9.50 Å². The summed E-state index contributed by atoms with van der Waals surface area (Å²) in [5, 5.41) is 8.69. The summed E-state index contributed by atoms with van der Waals surface area (Å²) in [4.78, 5) is 4.53. The zero-order chi connectivity index (χ0) is 17.0. The minimum Gasteiger partial charge on any atom is -0.374 e. The Hall–Kier alpha value is -3.05. The van der Waals surface area contributed by atoms with E-state index in [4.69, 9.17) is 17.3 Å². The molecule has 0 radical (unpaired) electrons. The van der Waals surface area contributed by atoms with E-state index in [9.17, 15) is 0 Å². The summed E-state index contributed by atoms with van der Waals surface area (Å²) < 4.78 is 1.81. The molecule has 0 bridgehead atoms. The van der Waals surface area contributed by atoms with Gasteiger partial charge in [-0.15, -0.1) is 5.10 Å². The second-order valence-corrected chi connectivity index (χ2v) is 6.49. The minimum absolute atomic E-state index is 0.0307. The van der Waals surface area contributed by atoms with Crippen LogP contribution in [0, 0.1) is 0 Å². The molecule has 0 amide bonds. The molecule has 1 aliphatic rings. The Morgan fingerprint density at radius 3 is 2.68 bits per heavy atom. The van der Waals surface area contributed by atoms with Gasteiger partial charge in [0.05, 0.1) is 11.6 Å². The Morgan fingerprint density at radius 2 is 1.84 bits per heavy atom. The molecule has 3 heterocycles. The van der Waals surface area contributed by atoms with Gasteiger partial charge in [-0.05, 0) is 29.8 Å². The van der Waals surface area contributed by atoms with Gasteiger partial charge in [0, 0.05) is 28.0 Å². The van der Waals surface area contributed by atoms with Crippen LogP contribution in [0.4, 0.5) is 11.6 Å². The van der Waals surface area contributed by atoms with Crippen LogP contribution < -0.4 is 11.1 Å². The number of nitrogen functional groups attached to an aromatic ring is 1. The van der Waals surface area contributed by atoms with Crippen molar-refractivity contribution in [2.24, 2.45) is 0 Å². The van der Waals surface area contributed by atoms with E-state index in [0.29, 0.717) is 0 Å². The van der Waals surface area contributed by atoms with Crippen LogP contribution in [0.2, 0.25) is 5.02 Å². The summed E-state index contributed by atoms with van der Waals surface area (Å²) in [7, 11) is 0. The molecule has 2 aromatic carbocycles. The highest BCUT2D eigenvalue weighted by Gasteiger charge is 2.26. The quantitative estimate of drug-likeness (QED) is 0.543. The number of anilines is 2.